The topological polar surface area (TPSA) is 85.3 Å². The van der Waals surface area contributed by atoms with Gasteiger partial charge in [-0.05, 0) is 42.3 Å². The summed E-state index contributed by atoms with van der Waals surface area (Å²) in [4.78, 5) is 24.9. The van der Waals surface area contributed by atoms with Crippen molar-refractivity contribution in [3.05, 3.63) is 93.3 Å². The molecule has 0 unspecified atom stereocenters. The lowest BCUT2D eigenvalue weighted by atomic mass is 10.0. The second-order valence-electron chi connectivity index (χ2n) is 5.90. The van der Waals surface area contributed by atoms with Crippen molar-refractivity contribution in [1.82, 2.24) is 4.57 Å². The molecule has 1 heterocycles. The van der Waals surface area contributed by atoms with Crippen LogP contribution in [0.1, 0.15) is 35.3 Å². The Morgan fingerprint density at radius 1 is 1.00 bits per heavy atom. The van der Waals surface area contributed by atoms with Crippen LogP contribution < -0.4 is 11.3 Å². The maximum atomic E-state index is 13.9. The van der Waals surface area contributed by atoms with Crippen molar-refractivity contribution in [3.8, 4) is 5.69 Å². The van der Waals surface area contributed by atoms with Gasteiger partial charge in [0.15, 0.2) is 5.78 Å². The van der Waals surface area contributed by atoms with Gasteiger partial charge in [0, 0.05) is 18.7 Å². The Hall–Kier alpha value is -3.32. The Morgan fingerprint density at radius 2 is 1.62 bits per heavy atom. The van der Waals surface area contributed by atoms with Gasteiger partial charge >= 0.3 is 0 Å². The molecule has 3 rings (SSSR count). The zero-order chi connectivity index (χ0) is 21.6. The van der Waals surface area contributed by atoms with Crippen molar-refractivity contribution in [2.75, 3.05) is 12.3 Å². The fourth-order valence-corrected chi connectivity index (χ4v) is 2.77. The van der Waals surface area contributed by atoms with E-state index in [1.165, 1.54) is 6.07 Å². The third-order valence-electron chi connectivity index (χ3n) is 4.15. The lowest BCUT2D eigenvalue weighted by Crippen LogP contribution is -2.23. The van der Waals surface area contributed by atoms with Crippen LogP contribution in [0.15, 0.2) is 59.4 Å². The predicted molar refractivity (Wildman–Crippen MR) is 108 cm³/mol. The number of hydrogen-bond acceptors (Lipinski definition) is 4. The van der Waals surface area contributed by atoms with E-state index in [0.717, 1.165) is 28.3 Å². The van der Waals surface area contributed by atoms with Crippen molar-refractivity contribution in [3.63, 3.8) is 0 Å². The molecule has 0 atom stereocenters. The van der Waals surface area contributed by atoms with Crippen LogP contribution in [-0.4, -0.2) is 22.1 Å². The van der Waals surface area contributed by atoms with E-state index in [9.17, 15) is 18.4 Å². The van der Waals surface area contributed by atoms with Gasteiger partial charge in [-0.1, -0.05) is 26.0 Å². The maximum Gasteiger partial charge on any atom is 0.256 e. The number of aromatic nitrogens is 1. The molecule has 7 heteroatoms. The number of anilines is 1. The summed E-state index contributed by atoms with van der Waals surface area (Å²) in [7, 11) is 0. The van der Waals surface area contributed by atoms with Crippen LogP contribution in [0.4, 0.5) is 14.6 Å². The van der Waals surface area contributed by atoms with Crippen LogP contribution >= 0.6 is 0 Å². The predicted octanol–water partition coefficient (Wildman–Crippen LogP) is 3.49. The average Bonchev–Trinajstić information content (AvgIpc) is 2.71. The Kier molecular flexibility index (Phi) is 7.39. The van der Waals surface area contributed by atoms with Crippen LogP contribution in [0, 0.1) is 11.6 Å². The van der Waals surface area contributed by atoms with Gasteiger partial charge in [0.05, 0.1) is 16.8 Å². The van der Waals surface area contributed by atoms with E-state index in [2.05, 4.69) is 0 Å². The zero-order valence-corrected chi connectivity index (χ0v) is 16.2. The van der Waals surface area contributed by atoms with E-state index in [4.69, 9.17) is 10.8 Å². The number of aliphatic hydroxyl groups is 1. The number of nitrogen functional groups attached to an aromatic ring is 1. The maximum absolute atomic E-state index is 13.9. The van der Waals surface area contributed by atoms with Gasteiger partial charge in [-0.25, -0.2) is 8.78 Å². The molecule has 2 aromatic carbocycles. The standard InChI is InChI=1S/C20H16F2N2O3.C2H6/c21-13-3-6-15(17(22)11-13)19(27)16-7-8-18(26)24(20(16)23)14-4-1-12(2-5-14)9-10-25;1-2/h1-8,11,25H,9-10,23H2;1-2H3. The molecule has 3 N–H and O–H groups in total. The number of benzene rings is 2. The first-order chi connectivity index (χ1) is 13.9. The van der Waals surface area contributed by atoms with Crippen molar-refractivity contribution < 1.29 is 18.7 Å². The van der Waals surface area contributed by atoms with E-state index >= 15 is 0 Å². The quantitative estimate of drug-likeness (QED) is 0.642. The van der Waals surface area contributed by atoms with Gasteiger partial charge in [-0.15, -0.1) is 0 Å². The summed E-state index contributed by atoms with van der Waals surface area (Å²) in [5.74, 6) is -2.71. The molecule has 0 aliphatic carbocycles. The first-order valence-corrected chi connectivity index (χ1v) is 9.14. The summed E-state index contributed by atoms with van der Waals surface area (Å²) in [5, 5.41) is 8.97. The Bertz CT molecular complexity index is 1060. The summed E-state index contributed by atoms with van der Waals surface area (Å²) < 4.78 is 28.2. The molecular formula is C22H22F2N2O3. The fourth-order valence-electron chi connectivity index (χ4n) is 2.77. The molecule has 0 spiro atoms. The summed E-state index contributed by atoms with van der Waals surface area (Å²) in [6.07, 6.45) is 0.465. The number of pyridine rings is 1. The molecule has 0 saturated heterocycles. The first kappa shape index (κ1) is 22.0. The van der Waals surface area contributed by atoms with E-state index in [1.54, 1.807) is 24.3 Å². The summed E-state index contributed by atoms with van der Waals surface area (Å²) in [6.45, 7) is 3.99. The van der Waals surface area contributed by atoms with Crippen LogP contribution in [-0.2, 0) is 6.42 Å². The van der Waals surface area contributed by atoms with Crippen molar-refractivity contribution in [1.29, 1.82) is 0 Å². The highest BCUT2D eigenvalue weighted by atomic mass is 19.1. The molecule has 1 aromatic heterocycles. The monoisotopic (exact) mass is 400 g/mol. The number of nitrogens with zero attached hydrogens (tertiary/aromatic N) is 1. The smallest absolute Gasteiger partial charge is 0.256 e. The number of ketones is 1. The molecule has 3 aromatic rings. The van der Waals surface area contributed by atoms with Gasteiger partial charge in [-0.3, -0.25) is 14.2 Å². The number of halogens is 2. The van der Waals surface area contributed by atoms with Crippen molar-refractivity contribution >= 4 is 11.6 Å². The van der Waals surface area contributed by atoms with Crippen molar-refractivity contribution in [2.45, 2.75) is 20.3 Å². The zero-order valence-electron chi connectivity index (χ0n) is 16.2. The van der Waals surface area contributed by atoms with Crippen LogP contribution in [0.3, 0.4) is 0 Å². The summed E-state index contributed by atoms with van der Waals surface area (Å²) in [5.41, 5.74) is 6.46. The Morgan fingerprint density at radius 3 is 2.21 bits per heavy atom. The second kappa shape index (κ2) is 9.75. The highest BCUT2D eigenvalue weighted by Gasteiger charge is 2.20. The third kappa shape index (κ3) is 4.75. The molecule has 0 saturated carbocycles. The van der Waals surface area contributed by atoms with Gasteiger partial charge in [0.1, 0.15) is 17.5 Å². The van der Waals surface area contributed by atoms with E-state index < -0.39 is 23.0 Å². The van der Waals surface area contributed by atoms with Crippen molar-refractivity contribution in [2.24, 2.45) is 0 Å². The molecule has 0 radical (unpaired) electrons. The number of nitrogens with two attached hydrogens (primary N) is 1. The minimum Gasteiger partial charge on any atom is -0.396 e. The van der Waals surface area contributed by atoms with E-state index in [-0.39, 0.29) is 23.6 Å². The third-order valence-corrected chi connectivity index (χ3v) is 4.15. The van der Waals surface area contributed by atoms with Gasteiger partial charge in [0.25, 0.3) is 5.56 Å². The largest absolute Gasteiger partial charge is 0.396 e. The molecule has 29 heavy (non-hydrogen) atoms. The Labute approximate surface area is 167 Å². The van der Waals surface area contributed by atoms with Gasteiger partial charge in [-0.2, -0.15) is 0 Å². The molecule has 5 nitrogen and oxygen atoms in total. The lowest BCUT2D eigenvalue weighted by molar-refractivity contribution is 0.103. The summed E-state index contributed by atoms with van der Waals surface area (Å²) >= 11 is 0. The normalized spacial score (nSPS) is 10.2. The van der Waals surface area contributed by atoms with Gasteiger partial charge < -0.3 is 10.8 Å². The highest BCUT2D eigenvalue weighted by Crippen LogP contribution is 2.21. The fraction of sp³-hybridized carbons (Fsp3) is 0.182. The Balaban J connectivity index is 0.00000145. The summed E-state index contributed by atoms with van der Waals surface area (Å²) in [6, 6.07) is 11.7. The average molecular weight is 400 g/mol. The number of aliphatic hydroxyl groups excluding tert-OH is 1. The van der Waals surface area contributed by atoms with Crippen LogP contribution in [0.2, 0.25) is 0 Å². The molecule has 0 bridgehead atoms. The second-order valence-corrected chi connectivity index (χ2v) is 5.90. The van der Waals surface area contributed by atoms with Crippen LogP contribution in [0.25, 0.3) is 5.69 Å². The molecule has 0 aliphatic heterocycles. The number of rotatable bonds is 5. The molecule has 0 aliphatic rings. The number of carbonyl (C=O) groups excluding carboxylic acids is 1. The minimum atomic E-state index is -1.01. The van der Waals surface area contributed by atoms with E-state index in [0.29, 0.717) is 18.2 Å². The molecule has 152 valence electrons. The SMILES string of the molecule is CC.Nc1c(C(=O)c2ccc(F)cc2F)ccc(=O)n1-c1ccc(CCO)cc1. The molecule has 0 amide bonds. The van der Waals surface area contributed by atoms with Gasteiger partial charge in [0.2, 0.25) is 0 Å². The minimum absolute atomic E-state index is 0.00530. The number of carbonyl (C=O) groups is 1. The number of hydrogen-bond donors (Lipinski definition) is 2. The first-order valence-electron chi connectivity index (χ1n) is 9.14. The van der Waals surface area contributed by atoms with Crippen LogP contribution in [0.5, 0.6) is 0 Å². The lowest BCUT2D eigenvalue weighted by Gasteiger charge is -2.14. The molecular weight excluding hydrogens is 378 g/mol. The highest BCUT2D eigenvalue weighted by molar-refractivity contribution is 6.11. The molecule has 0 fully saturated rings. The van der Waals surface area contributed by atoms with E-state index in [1.807, 2.05) is 13.8 Å².